The first kappa shape index (κ1) is 15.4. The van der Waals surface area contributed by atoms with E-state index >= 15 is 0 Å². The Bertz CT molecular complexity index is 547. The molecular weight excluding hydrogens is 270 g/mol. The van der Waals surface area contributed by atoms with E-state index in [1.165, 1.54) is 6.07 Å². The minimum absolute atomic E-state index is 0.0632. The Labute approximate surface area is 124 Å². The van der Waals surface area contributed by atoms with Crippen LogP contribution >= 0.6 is 0 Å². The van der Waals surface area contributed by atoms with Gasteiger partial charge in [-0.3, -0.25) is 9.59 Å². The molecule has 5 nitrogen and oxygen atoms in total. The SMILES string of the molecule is Cc1c(O)cccc1C(=O)NCC1(C(=O)O)CCCCC1. The average Bonchev–Trinajstić information content (AvgIpc) is 2.48. The molecule has 1 aromatic carbocycles. The summed E-state index contributed by atoms with van der Waals surface area (Å²) in [4.78, 5) is 23.8. The number of carbonyl (C=O) groups excluding carboxylic acids is 1. The van der Waals surface area contributed by atoms with Crippen LogP contribution in [0.2, 0.25) is 0 Å². The summed E-state index contributed by atoms with van der Waals surface area (Å²) in [5, 5.41) is 21.8. The highest BCUT2D eigenvalue weighted by Crippen LogP contribution is 2.36. The topological polar surface area (TPSA) is 86.6 Å². The fourth-order valence-electron chi connectivity index (χ4n) is 2.91. The lowest BCUT2D eigenvalue weighted by molar-refractivity contribution is -0.150. The molecule has 0 aromatic heterocycles. The highest BCUT2D eigenvalue weighted by molar-refractivity contribution is 5.96. The lowest BCUT2D eigenvalue weighted by atomic mass is 9.74. The van der Waals surface area contributed by atoms with E-state index in [0.717, 1.165) is 19.3 Å². The highest BCUT2D eigenvalue weighted by Gasteiger charge is 2.39. The van der Waals surface area contributed by atoms with Crippen LogP contribution in [0.3, 0.4) is 0 Å². The summed E-state index contributed by atoms with van der Waals surface area (Å²) in [5.74, 6) is -1.11. The normalized spacial score (nSPS) is 17.2. The average molecular weight is 291 g/mol. The third kappa shape index (κ3) is 3.17. The smallest absolute Gasteiger partial charge is 0.311 e. The van der Waals surface area contributed by atoms with Gasteiger partial charge in [0, 0.05) is 17.7 Å². The summed E-state index contributed by atoms with van der Waals surface area (Å²) in [7, 11) is 0. The zero-order valence-electron chi connectivity index (χ0n) is 12.2. The van der Waals surface area contributed by atoms with Crippen LogP contribution in [0.15, 0.2) is 18.2 Å². The molecule has 0 radical (unpaired) electrons. The molecule has 5 heteroatoms. The van der Waals surface area contributed by atoms with Gasteiger partial charge in [0.1, 0.15) is 5.75 Å². The molecule has 1 fully saturated rings. The number of benzene rings is 1. The standard InChI is InChI=1S/C16H21NO4/c1-11-12(6-5-7-13(11)18)14(19)17-10-16(15(20)21)8-3-2-4-9-16/h5-7,18H,2-4,8-10H2,1H3,(H,17,19)(H,20,21). The van der Waals surface area contributed by atoms with Crippen molar-refractivity contribution in [2.45, 2.75) is 39.0 Å². The first-order chi connectivity index (χ1) is 9.96. The molecule has 1 aromatic rings. The molecule has 0 unspecified atom stereocenters. The van der Waals surface area contributed by atoms with Crippen LogP contribution in [0.25, 0.3) is 0 Å². The molecule has 0 aliphatic heterocycles. The predicted molar refractivity (Wildman–Crippen MR) is 78.3 cm³/mol. The van der Waals surface area contributed by atoms with Crippen molar-refractivity contribution in [1.29, 1.82) is 0 Å². The van der Waals surface area contributed by atoms with Crippen molar-refractivity contribution in [2.75, 3.05) is 6.54 Å². The molecular formula is C16H21NO4. The predicted octanol–water partition coefficient (Wildman–Crippen LogP) is 2.47. The summed E-state index contributed by atoms with van der Waals surface area (Å²) in [6, 6.07) is 4.75. The number of carboxylic acids is 1. The molecule has 0 heterocycles. The van der Waals surface area contributed by atoms with Gasteiger partial charge < -0.3 is 15.5 Å². The number of phenols is 1. The van der Waals surface area contributed by atoms with Crippen LogP contribution < -0.4 is 5.32 Å². The number of hydrogen-bond donors (Lipinski definition) is 3. The van der Waals surface area contributed by atoms with Crippen molar-refractivity contribution in [2.24, 2.45) is 5.41 Å². The monoisotopic (exact) mass is 291 g/mol. The second kappa shape index (κ2) is 6.16. The molecule has 1 saturated carbocycles. The number of phenolic OH excluding ortho intramolecular Hbond substituents is 1. The van der Waals surface area contributed by atoms with Crippen LogP contribution in [0.1, 0.15) is 48.0 Å². The molecule has 21 heavy (non-hydrogen) atoms. The zero-order chi connectivity index (χ0) is 15.5. The summed E-state index contributed by atoms with van der Waals surface area (Å²) >= 11 is 0. The Kier molecular flexibility index (Phi) is 4.50. The van der Waals surface area contributed by atoms with E-state index in [4.69, 9.17) is 0 Å². The van der Waals surface area contributed by atoms with Gasteiger partial charge >= 0.3 is 5.97 Å². The number of carboxylic acid groups (broad SMARTS) is 1. The van der Waals surface area contributed by atoms with Gasteiger partial charge in [-0.2, -0.15) is 0 Å². The lowest BCUT2D eigenvalue weighted by Crippen LogP contribution is -2.44. The maximum Gasteiger partial charge on any atom is 0.311 e. The first-order valence-corrected chi connectivity index (χ1v) is 7.26. The maximum atomic E-state index is 12.2. The number of carbonyl (C=O) groups is 2. The van der Waals surface area contributed by atoms with Crippen LogP contribution in [0, 0.1) is 12.3 Å². The number of hydrogen-bond acceptors (Lipinski definition) is 3. The van der Waals surface area contributed by atoms with Gasteiger partial charge in [-0.05, 0) is 31.9 Å². The van der Waals surface area contributed by atoms with Crippen molar-refractivity contribution in [3.63, 3.8) is 0 Å². The van der Waals surface area contributed by atoms with E-state index < -0.39 is 11.4 Å². The molecule has 114 valence electrons. The quantitative estimate of drug-likeness (QED) is 0.795. The summed E-state index contributed by atoms with van der Waals surface area (Å²) < 4.78 is 0. The van der Waals surface area contributed by atoms with E-state index in [-0.39, 0.29) is 18.2 Å². The van der Waals surface area contributed by atoms with E-state index in [9.17, 15) is 19.8 Å². The van der Waals surface area contributed by atoms with Crippen LogP contribution in [-0.4, -0.2) is 28.6 Å². The van der Waals surface area contributed by atoms with Crippen molar-refractivity contribution in [1.82, 2.24) is 5.32 Å². The Balaban J connectivity index is 2.09. The van der Waals surface area contributed by atoms with Gasteiger partial charge in [0.15, 0.2) is 0 Å². The lowest BCUT2D eigenvalue weighted by Gasteiger charge is -2.33. The fourth-order valence-corrected chi connectivity index (χ4v) is 2.91. The number of aliphatic carboxylic acids is 1. The van der Waals surface area contributed by atoms with Crippen LogP contribution in [0.4, 0.5) is 0 Å². The van der Waals surface area contributed by atoms with Gasteiger partial charge in [-0.15, -0.1) is 0 Å². The molecule has 3 N–H and O–H groups in total. The molecule has 0 atom stereocenters. The number of nitrogens with one attached hydrogen (secondary N) is 1. The Morgan fingerprint density at radius 3 is 2.52 bits per heavy atom. The third-order valence-corrected chi connectivity index (χ3v) is 4.40. The van der Waals surface area contributed by atoms with Crippen molar-refractivity contribution < 1.29 is 19.8 Å². The number of amides is 1. The van der Waals surface area contributed by atoms with Gasteiger partial charge in [0.2, 0.25) is 0 Å². The van der Waals surface area contributed by atoms with Crippen molar-refractivity contribution in [3.05, 3.63) is 29.3 Å². The third-order valence-electron chi connectivity index (χ3n) is 4.40. The van der Waals surface area contributed by atoms with Gasteiger partial charge in [0.05, 0.1) is 5.41 Å². The minimum atomic E-state index is -0.849. The second-order valence-electron chi connectivity index (χ2n) is 5.78. The molecule has 1 amide bonds. The fraction of sp³-hybridized carbons (Fsp3) is 0.500. The Morgan fingerprint density at radius 1 is 1.24 bits per heavy atom. The zero-order valence-corrected chi connectivity index (χ0v) is 12.2. The maximum absolute atomic E-state index is 12.2. The molecule has 0 bridgehead atoms. The van der Waals surface area contributed by atoms with Crippen molar-refractivity contribution in [3.8, 4) is 5.75 Å². The Hall–Kier alpha value is -2.04. The van der Waals surface area contributed by atoms with Gasteiger partial charge in [0.25, 0.3) is 5.91 Å². The largest absolute Gasteiger partial charge is 0.508 e. The Morgan fingerprint density at radius 2 is 1.90 bits per heavy atom. The van der Waals surface area contributed by atoms with Crippen LogP contribution in [0.5, 0.6) is 5.75 Å². The van der Waals surface area contributed by atoms with E-state index in [0.29, 0.717) is 24.0 Å². The summed E-state index contributed by atoms with van der Waals surface area (Å²) in [6.45, 7) is 1.80. The van der Waals surface area contributed by atoms with Gasteiger partial charge in [-0.1, -0.05) is 25.3 Å². The van der Waals surface area contributed by atoms with Crippen molar-refractivity contribution >= 4 is 11.9 Å². The molecule has 1 aliphatic carbocycles. The highest BCUT2D eigenvalue weighted by atomic mass is 16.4. The van der Waals surface area contributed by atoms with E-state index in [2.05, 4.69) is 5.32 Å². The first-order valence-electron chi connectivity index (χ1n) is 7.26. The molecule has 1 aliphatic rings. The summed E-state index contributed by atoms with van der Waals surface area (Å²) in [6.07, 6.45) is 4.01. The van der Waals surface area contributed by atoms with E-state index in [1.54, 1.807) is 19.1 Å². The van der Waals surface area contributed by atoms with E-state index in [1.807, 2.05) is 0 Å². The molecule has 0 saturated heterocycles. The number of aromatic hydroxyl groups is 1. The van der Waals surface area contributed by atoms with Crippen LogP contribution in [-0.2, 0) is 4.79 Å². The minimum Gasteiger partial charge on any atom is -0.508 e. The van der Waals surface area contributed by atoms with Gasteiger partial charge in [-0.25, -0.2) is 0 Å². The second-order valence-corrected chi connectivity index (χ2v) is 5.78. The summed E-state index contributed by atoms with van der Waals surface area (Å²) in [5.41, 5.74) is 0.0351. The molecule has 0 spiro atoms. The number of rotatable bonds is 4. The molecule has 2 rings (SSSR count).